The summed E-state index contributed by atoms with van der Waals surface area (Å²) < 4.78 is 12.9. The number of hydrogen-bond donors (Lipinski definition) is 1. The van der Waals surface area contributed by atoms with Crippen molar-refractivity contribution in [3.63, 3.8) is 0 Å². The Morgan fingerprint density at radius 3 is 2.70 bits per heavy atom. The molecule has 1 N–H and O–H groups in total. The number of benzene rings is 2. The summed E-state index contributed by atoms with van der Waals surface area (Å²) in [5.74, 6) is -0.473. The number of hydrogen-bond acceptors (Lipinski definition) is 4. The lowest BCUT2D eigenvalue weighted by Crippen LogP contribution is -1.90. The Bertz CT molecular complexity index is 699. The van der Waals surface area contributed by atoms with Crippen LogP contribution >= 0.6 is 0 Å². The van der Waals surface area contributed by atoms with Crippen LogP contribution in [-0.4, -0.2) is 16.2 Å². The van der Waals surface area contributed by atoms with Crippen molar-refractivity contribution in [2.45, 2.75) is 6.92 Å². The molecule has 0 radical (unpaired) electrons. The summed E-state index contributed by atoms with van der Waals surface area (Å²) in [5, 5.41) is 20.3. The van der Waals surface area contributed by atoms with E-state index in [1.54, 1.807) is 6.92 Å². The number of aromatic hydroxyl groups is 1. The van der Waals surface area contributed by atoms with E-state index in [-0.39, 0.29) is 22.8 Å². The molecule has 0 heterocycles. The second-order valence-electron chi connectivity index (χ2n) is 4.19. The molecule has 102 valence electrons. The van der Waals surface area contributed by atoms with Gasteiger partial charge in [-0.05, 0) is 36.8 Å². The summed E-state index contributed by atoms with van der Waals surface area (Å²) >= 11 is 0. The highest BCUT2D eigenvalue weighted by Crippen LogP contribution is 2.23. The van der Waals surface area contributed by atoms with Crippen molar-refractivity contribution < 1.29 is 14.4 Å². The van der Waals surface area contributed by atoms with E-state index in [2.05, 4.69) is 4.99 Å². The molecule has 0 fully saturated rings. The molecule has 0 saturated heterocycles. The van der Waals surface area contributed by atoms with Crippen LogP contribution in [0.3, 0.4) is 0 Å². The fourth-order valence-electron chi connectivity index (χ4n) is 1.66. The van der Waals surface area contributed by atoms with Crippen molar-refractivity contribution in [2.75, 3.05) is 0 Å². The molecule has 0 aliphatic heterocycles. The van der Waals surface area contributed by atoms with Crippen molar-refractivity contribution >= 4 is 17.6 Å². The molecule has 5 nitrogen and oxygen atoms in total. The van der Waals surface area contributed by atoms with E-state index in [0.29, 0.717) is 11.3 Å². The predicted molar refractivity (Wildman–Crippen MR) is 73.2 cm³/mol. The van der Waals surface area contributed by atoms with Gasteiger partial charge in [0.25, 0.3) is 5.69 Å². The van der Waals surface area contributed by atoms with Crippen molar-refractivity contribution in [3.05, 3.63) is 63.5 Å². The van der Waals surface area contributed by atoms with E-state index in [4.69, 9.17) is 0 Å². The number of non-ortho nitro benzene ring substituents is 1. The molecular formula is C14H11FN2O3. The summed E-state index contributed by atoms with van der Waals surface area (Å²) in [4.78, 5) is 14.2. The number of halogens is 1. The third kappa shape index (κ3) is 2.97. The predicted octanol–water partition coefficient (Wildman–Crippen LogP) is 3.50. The lowest BCUT2D eigenvalue weighted by atomic mass is 10.2. The maximum atomic E-state index is 12.9. The molecule has 2 rings (SSSR count). The number of phenols is 1. The van der Waals surface area contributed by atoms with Gasteiger partial charge >= 0.3 is 0 Å². The largest absolute Gasteiger partial charge is 0.507 e. The fourth-order valence-corrected chi connectivity index (χ4v) is 1.66. The molecule has 2 aromatic rings. The maximum Gasteiger partial charge on any atom is 0.270 e. The molecule has 0 aliphatic carbocycles. The number of aryl methyl sites for hydroxylation is 1. The third-order valence-electron chi connectivity index (χ3n) is 2.72. The fraction of sp³-hybridized carbons (Fsp3) is 0.0714. The quantitative estimate of drug-likeness (QED) is 0.528. The third-order valence-corrected chi connectivity index (χ3v) is 2.72. The highest BCUT2D eigenvalue weighted by atomic mass is 19.1. The van der Waals surface area contributed by atoms with Crippen LogP contribution in [-0.2, 0) is 0 Å². The molecule has 0 saturated carbocycles. The van der Waals surface area contributed by atoms with Gasteiger partial charge in [0, 0.05) is 23.9 Å². The van der Waals surface area contributed by atoms with Gasteiger partial charge in [-0.25, -0.2) is 4.39 Å². The van der Waals surface area contributed by atoms with E-state index in [1.165, 1.54) is 42.6 Å². The molecule has 0 atom stereocenters. The molecule has 0 aliphatic rings. The van der Waals surface area contributed by atoms with Crippen molar-refractivity contribution in [1.29, 1.82) is 0 Å². The molecule has 20 heavy (non-hydrogen) atoms. The van der Waals surface area contributed by atoms with Gasteiger partial charge in [0.15, 0.2) is 0 Å². The summed E-state index contributed by atoms with van der Waals surface area (Å²) in [7, 11) is 0. The number of nitro benzene ring substituents is 1. The number of aliphatic imine (C=N–C) groups is 1. The topological polar surface area (TPSA) is 75.7 Å². The highest BCUT2D eigenvalue weighted by Gasteiger charge is 2.08. The minimum atomic E-state index is -0.556. The first-order valence-corrected chi connectivity index (χ1v) is 5.75. The van der Waals surface area contributed by atoms with Crippen LogP contribution in [0.5, 0.6) is 5.75 Å². The van der Waals surface area contributed by atoms with E-state index in [9.17, 15) is 19.6 Å². The molecule has 0 spiro atoms. The molecule has 0 unspecified atom stereocenters. The molecule has 0 aromatic heterocycles. The Morgan fingerprint density at radius 2 is 2.05 bits per heavy atom. The van der Waals surface area contributed by atoms with Crippen LogP contribution in [0.4, 0.5) is 15.8 Å². The van der Waals surface area contributed by atoms with Gasteiger partial charge in [-0.1, -0.05) is 0 Å². The lowest BCUT2D eigenvalue weighted by molar-refractivity contribution is -0.384. The van der Waals surface area contributed by atoms with Crippen LogP contribution < -0.4 is 0 Å². The van der Waals surface area contributed by atoms with Gasteiger partial charge in [0.1, 0.15) is 11.6 Å². The summed E-state index contributed by atoms with van der Waals surface area (Å²) in [6.45, 7) is 1.70. The molecule has 2 aromatic carbocycles. The van der Waals surface area contributed by atoms with Gasteiger partial charge in [0.2, 0.25) is 0 Å². The number of rotatable bonds is 3. The Labute approximate surface area is 114 Å². The standard InChI is InChI=1S/C14H11FN2O3/c1-9-6-11(15)2-4-13(9)16-8-10-7-12(17(19)20)3-5-14(10)18/h2-8,18H,1H3. The van der Waals surface area contributed by atoms with Crippen LogP contribution in [0.25, 0.3) is 0 Å². The summed E-state index contributed by atoms with van der Waals surface area (Å²) in [6.07, 6.45) is 1.31. The second kappa shape index (κ2) is 5.48. The Hall–Kier alpha value is -2.76. The Kier molecular flexibility index (Phi) is 3.74. The zero-order chi connectivity index (χ0) is 14.7. The average Bonchev–Trinajstić information content (AvgIpc) is 2.39. The van der Waals surface area contributed by atoms with Gasteiger partial charge in [-0.2, -0.15) is 0 Å². The number of phenolic OH excluding ortho intramolecular Hbond substituents is 1. The Morgan fingerprint density at radius 1 is 1.30 bits per heavy atom. The molecule has 6 heteroatoms. The zero-order valence-corrected chi connectivity index (χ0v) is 10.6. The number of nitrogens with zero attached hydrogens (tertiary/aromatic N) is 2. The zero-order valence-electron chi connectivity index (χ0n) is 10.6. The highest BCUT2D eigenvalue weighted by molar-refractivity contribution is 5.86. The normalized spacial score (nSPS) is 10.9. The van der Waals surface area contributed by atoms with Crippen LogP contribution in [0.1, 0.15) is 11.1 Å². The van der Waals surface area contributed by atoms with Crippen LogP contribution in [0, 0.1) is 22.9 Å². The lowest BCUT2D eigenvalue weighted by Gasteiger charge is -2.01. The monoisotopic (exact) mass is 274 g/mol. The van der Waals surface area contributed by atoms with E-state index in [1.807, 2.05) is 0 Å². The molecular weight excluding hydrogens is 263 g/mol. The first kappa shape index (κ1) is 13.7. The molecule has 0 bridgehead atoms. The van der Waals surface area contributed by atoms with Crippen molar-refractivity contribution in [1.82, 2.24) is 0 Å². The maximum absolute atomic E-state index is 12.9. The van der Waals surface area contributed by atoms with Gasteiger partial charge in [0.05, 0.1) is 10.6 Å². The summed E-state index contributed by atoms with van der Waals surface area (Å²) in [6, 6.07) is 7.76. The van der Waals surface area contributed by atoms with Gasteiger partial charge in [-0.15, -0.1) is 0 Å². The van der Waals surface area contributed by atoms with Gasteiger partial charge in [-0.3, -0.25) is 15.1 Å². The minimum Gasteiger partial charge on any atom is -0.507 e. The van der Waals surface area contributed by atoms with E-state index >= 15 is 0 Å². The SMILES string of the molecule is Cc1cc(F)ccc1N=Cc1cc([N+](=O)[O-])ccc1O. The van der Waals surface area contributed by atoms with E-state index < -0.39 is 4.92 Å². The Balaban J connectivity index is 2.35. The average molecular weight is 274 g/mol. The number of nitro groups is 1. The van der Waals surface area contributed by atoms with Gasteiger partial charge < -0.3 is 5.11 Å². The first-order valence-electron chi connectivity index (χ1n) is 5.75. The molecule has 0 amide bonds. The van der Waals surface area contributed by atoms with Crippen LogP contribution in [0.15, 0.2) is 41.4 Å². The second-order valence-corrected chi connectivity index (χ2v) is 4.19. The van der Waals surface area contributed by atoms with E-state index in [0.717, 1.165) is 0 Å². The smallest absolute Gasteiger partial charge is 0.270 e. The first-order chi connectivity index (χ1) is 9.47. The minimum absolute atomic E-state index is 0.112. The summed E-state index contributed by atoms with van der Waals surface area (Å²) in [5.41, 5.74) is 1.24. The van der Waals surface area contributed by atoms with Crippen LogP contribution in [0.2, 0.25) is 0 Å². The van der Waals surface area contributed by atoms with Crippen molar-refractivity contribution in [2.24, 2.45) is 4.99 Å². The van der Waals surface area contributed by atoms with Crippen molar-refractivity contribution in [3.8, 4) is 5.75 Å².